The van der Waals surface area contributed by atoms with Crippen LogP contribution in [-0.4, -0.2) is 9.97 Å². The van der Waals surface area contributed by atoms with Gasteiger partial charge < -0.3 is 0 Å². The molecule has 4 heteroatoms. The molecule has 0 spiro atoms. The van der Waals surface area contributed by atoms with Gasteiger partial charge in [0.2, 0.25) is 0 Å². The highest BCUT2D eigenvalue weighted by molar-refractivity contribution is 7.97. The highest BCUT2D eigenvalue weighted by atomic mass is 32.2. The third kappa shape index (κ3) is 2.23. The summed E-state index contributed by atoms with van der Waals surface area (Å²) in [6.45, 7) is 3.93. The molecule has 2 heterocycles. The van der Waals surface area contributed by atoms with E-state index in [0.29, 0.717) is 0 Å². The Balaban J connectivity index is 2.48. The number of nitrogens with two attached hydrogens (primary N) is 1. The summed E-state index contributed by atoms with van der Waals surface area (Å²) in [5, 5.41) is 5.59. The summed E-state index contributed by atoms with van der Waals surface area (Å²) >= 11 is 1.23. The van der Waals surface area contributed by atoms with Crippen LogP contribution in [0.2, 0.25) is 0 Å². The molecule has 0 fully saturated rings. The van der Waals surface area contributed by atoms with Crippen molar-refractivity contribution >= 4 is 11.9 Å². The third-order valence-electron chi connectivity index (χ3n) is 2.40. The van der Waals surface area contributed by atoms with Crippen LogP contribution in [-0.2, 0) is 0 Å². The first kappa shape index (κ1) is 11.1. The number of rotatable bonds is 2. The van der Waals surface area contributed by atoms with E-state index in [1.54, 1.807) is 6.20 Å². The van der Waals surface area contributed by atoms with Crippen molar-refractivity contribution < 1.29 is 0 Å². The SMILES string of the molecule is Cc1cc(-c2cnc(C)c(SN)c2)ccn1. The van der Waals surface area contributed by atoms with Crippen molar-refractivity contribution in [2.24, 2.45) is 5.14 Å². The van der Waals surface area contributed by atoms with Crippen molar-refractivity contribution in [2.45, 2.75) is 18.7 Å². The maximum absolute atomic E-state index is 5.59. The molecule has 0 atom stereocenters. The molecule has 82 valence electrons. The Morgan fingerprint density at radius 2 is 1.94 bits per heavy atom. The molecule has 0 unspecified atom stereocenters. The second-order valence-corrected chi connectivity index (χ2v) is 4.29. The Morgan fingerprint density at radius 1 is 1.12 bits per heavy atom. The van der Waals surface area contributed by atoms with Crippen LogP contribution in [0, 0.1) is 13.8 Å². The van der Waals surface area contributed by atoms with E-state index in [1.807, 2.05) is 32.2 Å². The van der Waals surface area contributed by atoms with Gasteiger partial charge in [0.1, 0.15) is 0 Å². The van der Waals surface area contributed by atoms with E-state index < -0.39 is 0 Å². The van der Waals surface area contributed by atoms with E-state index in [2.05, 4.69) is 16.0 Å². The van der Waals surface area contributed by atoms with Gasteiger partial charge in [-0.2, -0.15) is 0 Å². The highest BCUT2D eigenvalue weighted by Crippen LogP contribution is 2.24. The second-order valence-electron chi connectivity index (χ2n) is 3.61. The van der Waals surface area contributed by atoms with Crippen molar-refractivity contribution in [3.63, 3.8) is 0 Å². The van der Waals surface area contributed by atoms with Crippen LogP contribution in [0.4, 0.5) is 0 Å². The van der Waals surface area contributed by atoms with Gasteiger partial charge >= 0.3 is 0 Å². The van der Waals surface area contributed by atoms with E-state index in [0.717, 1.165) is 27.4 Å². The van der Waals surface area contributed by atoms with Crippen LogP contribution in [0.15, 0.2) is 35.5 Å². The molecule has 0 saturated carbocycles. The molecule has 2 aromatic rings. The second kappa shape index (κ2) is 4.63. The topological polar surface area (TPSA) is 51.8 Å². The fourth-order valence-electron chi connectivity index (χ4n) is 1.52. The van der Waals surface area contributed by atoms with Crippen molar-refractivity contribution in [1.82, 2.24) is 9.97 Å². The summed E-state index contributed by atoms with van der Waals surface area (Å²) in [6, 6.07) is 6.07. The number of hydrogen-bond donors (Lipinski definition) is 1. The van der Waals surface area contributed by atoms with Gasteiger partial charge in [-0.05, 0) is 49.6 Å². The molecule has 0 aliphatic heterocycles. The molecule has 2 aromatic heterocycles. The molecule has 0 aliphatic rings. The Kier molecular flexibility index (Phi) is 3.22. The van der Waals surface area contributed by atoms with Gasteiger partial charge in [-0.15, -0.1) is 0 Å². The predicted molar refractivity (Wildman–Crippen MR) is 67.0 cm³/mol. The largest absolute Gasteiger partial charge is 0.274 e. The average molecular weight is 231 g/mol. The molecule has 0 amide bonds. The molecule has 0 bridgehead atoms. The molecule has 2 N–H and O–H groups in total. The smallest absolute Gasteiger partial charge is 0.0521 e. The number of aryl methyl sites for hydroxylation is 2. The normalized spacial score (nSPS) is 10.4. The number of pyridine rings is 2. The summed E-state index contributed by atoms with van der Waals surface area (Å²) in [5.74, 6) is 0. The minimum absolute atomic E-state index is 0.960. The van der Waals surface area contributed by atoms with Crippen molar-refractivity contribution in [3.05, 3.63) is 42.0 Å². The van der Waals surface area contributed by atoms with Gasteiger partial charge in [-0.25, -0.2) is 0 Å². The van der Waals surface area contributed by atoms with Crippen LogP contribution in [0.5, 0.6) is 0 Å². The van der Waals surface area contributed by atoms with Gasteiger partial charge in [-0.3, -0.25) is 15.1 Å². The zero-order valence-electron chi connectivity index (χ0n) is 9.27. The zero-order valence-corrected chi connectivity index (χ0v) is 10.1. The van der Waals surface area contributed by atoms with E-state index in [-0.39, 0.29) is 0 Å². The first-order valence-corrected chi connectivity index (χ1v) is 5.85. The molecular weight excluding hydrogens is 218 g/mol. The van der Waals surface area contributed by atoms with E-state index in [4.69, 9.17) is 5.14 Å². The van der Waals surface area contributed by atoms with Crippen LogP contribution >= 0.6 is 11.9 Å². The molecule has 16 heavy (non-hydrogen) atoms. The summed E-state index contributed by atoms with van der Waals surface area (Å²) in [7, 11) is 0. The lowest BCUT2D eigenvalue weighted by Crippen LogP contribution is -1.91. The summed E-state index contributed by atoms with van der Waals surface area (Å²) in [4.78, 5) is 9.52. The lowest BCUT2D eigenvalue weighted by molar-refractivity contribution is 1.11. The highest BCUT2D eigenvalue weighted by Gasteiger charge is 2.03. The van der Waals surface area contributed by atoms with Crippen LogP contribution in [0.25, 0.3) is 11.1 Å². The molecular formula is C12H13N3S. The van der Waals surface area contributed by atoms with Gasteiger partial charge in [0, 0.05) is 28.5 Å². The van der Waals surface area contributed by atoms with E-state index in [9.17, 15) is 0 Å². The number of nitrogens with zero attached hydrogens (tertiary/aromatic N) is 2. The Hall–Kier alpha value is -1.39. The Bertz CT molecular complexity index is 511. The lowest BCUT2D eigenvalue weighted by Gasteiger charge is -2.06. The van der Waals surface area contributed by atoms with Crippen molar-refractivity contribution in [1.29, 1.82) is 0 Å². The fourth-order valence-corrected chi connectivity index (χ4v) is 1.93. The molecule has 3 nitrogen and oxygen atoms in total. The Labute approximate surface area is 99.3 Å². The predicted octanol–water partition coefficient (Wildman–Crippen LogP) is 2.73. The van der Waals surface area contributed by atoms with Gasteiger partial charge in [-0.1, -0.05) is 0 Å². The quantitative estimate of drug-likeness (QED) is 0.807. The standard InChI is InChI=1S/C12H13N3S/c1-8-5-10(3-4-14-8)11-6-12(16-13)9(2)15-7-11/h3-7H,13H2,1-2H3. The van der Waals surface area contributed by atoms with E-state index in [1.165, 1.54) is 11.9 Å². The first-order valence-electron chi connectivity index (χ1n) is 4.97. The van der Waals surface area contributed by atoms with Crippen molar-refractivity contribution in [3.8, 4) is 11.1 Å². The molecule has 0 radical (unpaired) electrons. The minimum atomic E-state index is 0.960. The Morgan fingerprint density at radius 3 is 2.62 bits per heavy atom. The summed E-state index contributed by atoms with van der Waals surface area (Å²) in [5.41, 5.74) is 4.15. The molecule has 0 aromatic carbocycles. The van der Waals surface area contributed by atoms with Crippen LogP contribution in [0.1, 0.15) is 11.4 Å². The number of hydrogen-bond acceptors (Lipinski definition) is 4. The van der Waals surface area contributed by atoms with Crippen LogP contribution in [0.3, 0.4) is 0 Å². The van der Waals surface area contributed by atoms with Gasteiger partial charge in [0.05, 0.1) is 5.69 Å². The monoisotopic (exact) mass is 231 g/mol. The molecule has 2 rings (SSSR count). The minimum Gasteiger partial charge on any atom is -0.274 e. The first-order chi connectivity index (χ1) is 7.70. The van der Waals surface area contributed by atoms with Gasteiger partial charge in [0.15, 0.2) is 0 Å². The van der Waals surface area contributed by atoms with Gasteiger partial charge in [0.25, 0.3) is 0 Å². The molecule has 0 saturated heterocycles. The lowest BCUT2D eigenvalue weighted by atomic mass is 10.1. The van der Waals surface area contributed by atoms with Crippen LogP contribution < -0.4 is 5.14 Å². The third-order valence-corrected chi connectivity index (χ3v) is 3.06. The summed E-state index contributed by atoms with van der Waals surface area (Å²) < 4.78 is 0. The number of aromatic nitrogens is 2. The fraction of sp³-hybridized carbons (Fsp3) is 0.167. The van der Waals surface area contributed by atoms with E-state index >= 15 is 0 Å². The molecule has 0 aliphatic carbocycles. The van der Waals surface area contributed by atoms with Crippen molar-refractivity contribution in [2.75, 3.05) is 0 Å². The maximum Gasteiger partial charge on any atom is 0.0521 e. The zero-order chi connectivity index (χ0) is 11.5. The average Bonchev–Trinajstić information content (AvgIpc) is 2.29. The summed E-state index contributed by atoms with van der Waals surface area (Å²) in [6.07, 6.45) is 3.67. The maximum atomic E-state index is 5.59.